The molecule has 2 amide bonds. The summed E-state index contributed by atoms with van der Waals surface area (Å²) in [6.07, 6.45) is 1.31. The lowest BCUT2D eigenvalue weighted by atomic mass is 10.0. The van der Waals surface area contributed by atoms with Gasteiger partial charge < -0.3 is 16.4 Å². The molecule has 1 aromatic carbocycles. The number of nitrogens with two attached hydrogens (primary N) is 1. The van der Waals surface area contributed by atoms with Crippen molar-refractivity contribution in [3.8, 4) is 0 Å². The largest absolute Gasteiger partial charge is 0.398 e. The molecule has 1 saturated heterocycles. The Bertz CT molecular complexity index is 526. The van der Waals surface area contributed by atoms with E-state index in [0.29, 0.717) is 24.2 Å². The second-order valence-corrected chi connectivity index (χ2v) is 5.04. The number of aryl methyl sites for hydroxylation is 2. The zero-order valence-electron chi connectivity index (χ0n) is 11.2. The van der Waals surface area contributed by atoms with E-state index in [4.69, 9.17) is 5.73 Å². The summed E-state index contributed by atoms with van der Waals surface area (Å²) in [6.45, 7) is 4.26. The molecule has 0 bridgehead atoms. The first kappa shape index (κ1) is 13.4. The number of benzene rings is 1. The van der Waals surface area contributed by atoms with E-state index in [0.717, 1.165) is 17.5 Å². The zero-order valence-corrected chi connectivity index (χ0v) is 11.2. The molecule has 5 nitrogen and oxygen atoms in total. The predicted molar refractivity (Wildman–Crippen MR) is 73.8 cm³/mol. The van der Waals surface area contributed by atoms with Crippen molar-refractivity contribution in [3.63, 3.8) is 0 Å². The van der Waals surface area contributed by atoms with E-state index >= 15 is 0 Å². The molecule has 0 aromatic heterocycles. The van der Waals surface area contributed by atoms with Crippen molar-refractivity contribution in [2.45, 2.75) is 32.7 Å². The summed E-state index contributed by atoms with van der Waals surface area (Å²) in [4.78, 5) is 23.2. The molecule has 0 spiro atoms. The van der Waals surface area contributed by atoms with Gasteiger partial charge in [0, 0.05) is 30.3 Å². The molecule has 2 rings (SSSR count). The highest BCUT2D eigenvalue weighted by molar-refractivity contribution is 5.96. The van der Waals surface area contributed by atoms with E-state index in [-0.39, 0.29) is 17.9 Å². The monoisotopic (exact) mass is 261 g/mol. The molecule has 0 aliphatic carbocycles. The van der Waals surface area contributed by atoms with E-state index in [9.17, 15) is 9.59 Å². The number of nitrogen functional groups attached to an aromatic ring is 1. The lowest BCUT2D eigenvalue weighted by Crippen LogP contribution is -2.38. The second-order valence-electron chi connectivity index (χ2n) is 5.04. The van der Waals surface area contributed by atoms with Crippen LogP contribution in [0.5, 0.6) is 0 Å². The van der Waals surface area contributed by atoms with Crippen molar-refractivity contribution in [3.05, 3.63) is 28.8 Å². The summed E-state index contributed by atoms with van der Waals surface area (Å²) >= 11 is 0. The highest BCUT2D eigenvalue weighted by Gasteiger charge is 2.21. The number of carbonyl (C=O) groups is 2. The van der Waals surface area contributed by atoms with Gasteiger partial charge in [-0.1, -0.05) is 6.07 Å². The highest BCUT2D eigenvalue weighted by Crippen LogP contribution is 2.17. The smallest absolute Gasteiger partial charge is 0.251 e. The third-order valence-corrected chi connectivity index (χ3v) is 3.45. The Balaban J connectivity index is 2.00. The number of anilines is 1. The van der Waals surface area contributed by atoms with Crippen LogP contribution in [0, 0.1) is 13.8 Å². The Morgan fingerprint density at radius 1 is 1.42 bits per heavy atom. The quantitative estimate of drug-likeness (QED) is 0.707. The molecule has 19 heavy (non-hydrogen) atoms. The number of carbonyl (C=O) groups excluding carboxylic acids is 2. The van der Waals surface area contributed by atoms with Gasteiger partial charge in [-0.05, 0) is 37.5 Å². The van der Waals surface area contributed by atoms with E-state index in [2.05, 4.69) is 10.6 Å². The molecule has 0 saturated carbocycles. The molecule has 1 aliphatic rings. The average Bonchev–Trinajstić information content (AvgIpc) is 2.77. The van der Waals surface area contributed by atoms with Gasteiger partial charge in [0.25, 0.3) is 5.91 Å². The van der Waals surface area contributed by atoms with E-state index < -0.39 is 0 Å². The fourth-order valence-corrected chi connectivity index (χ4v) is 2.26. The first-order chi connectivity index (χ1) is 8.97. The van der Waals surface area contributed by atoms with Crippen LogP contribution in [0.1, 0.15) is 34.3 Å². The van der Waals surface area contributed by atoms with Gasteiger partial charge in [0.05, 0.1) is 0 Å². The maximum absolute atomic E-state index is 12.1. The minimum absolute atomic E-state index is 0.0413. The SMILES string of the molecule is Cc1cc(C)c(C(=O)NCC2CCC(=O)N2)cc1N. The van der Waals surface area contributed by atoms with Crippen molar-refractivity contribution in [2.75, 3.05) is 12.3 Å². The molecule has 1 fully saturated rings. The molecule has 4 N–H and O–H groups in total. The summed E-state index contributed by atoms with van der Waals surface area (Å²) in [7, 11) is 0. The molecule has 1 heterocycles. The van der Waals surface area contributed by atoms with E-state index in [1.165, 1.54) is 0 Å². The fraction of sp³-hybridized carbons (Fsp3) is 0.429. The van der Waals surface area contributed by atoms with Crippen molar-refractivity contribution < 1.29 is 9.59 Å². The van der Waals surface area contributed by atoms with Crippen LogP contribution in [0.3, 0.4) is 0 Å². The van der Waals surface area contributed by atoms with Crippen molar-refractivity contribution in [1.82, 2.24) is 10.6 Å². The van der Waals surface area contributed by atoms with Crippen LogP contribution in [-0.2, 0) is 4.79 Å². The summed E-state index contributed by atoms with van der Waals surface area (Å²) in [5.41, 5.74) is 8.90. The lowest BCUT2D eigenvalue weighted by Gasteiger charge is -2.13. The van der Waals surface area contributed by atoms with Gasteiger partial charge in [-0.2, -0.15) is 0 Å². The first-order valence-corrected chi connectivity index (χ1v) is 6.41. The normalized spacial score (nSPS) is 18.2. The molecule has 0 radical (unpaired) electrons. The summed E-state index contributed by atoms with van der Waals surface area (Å²) in [5.74, 6) is -0.0969. The third kappa shape index (κ3) is 3.05. The minimum atomic E-state index is -0.148. The van der Waals surface area contributed by atoms with Gasteiger partial charge in [-0.3, -0.25) is 9.59 Å². The van der Waals surface area contributed by atoms with Gasteiger partial charge >= 0.3 is 0 Å². The number of rotatable bonds is 3. The van der Waals surface area contributed by atoms with Crippen LogP contribution in [0.4, 0.5) is 5.69 Å². The Labute approximate surface area is 112 Å². The van der Waals surface area contributed by atoms with Crippen LogP contribution in [0.15, 0.2) is 12.1 Å². The summed E-state index contributed by atoms with van der Waals surface area (Å²) < 4.78 is 0. The zero-order chi connectivity index (χ0) is 14.0. The Hall–Kier alpha value is -2.04. The molecule has 5 heteroatoms. The van der Waals surface area contributed by atoms with Gasteiger partial charge in [0.1, 0.15) is 0 Å². The standard InChI is InChI=1S/C14H19N3O2/c1-8-5-9(2)12(15)6-11(8)14(19)16-7-10-3-4-13(18)17-10/h5-6,10H,3-4,7,15H2,1-2H3,(H,16,19)(H,17,18). The Morgan fingerprint density at radius 3 is 2.79 bits per heavy atom. The summed E-state index contributed by atoms with van der Waals surface area (Å²) in [6, 6.07) is 3.65. The Morgan fingerprint density at radius 2 is 2.16 bits per heavy atom. The van der Waals surface area contributed by atoms with Crippen LogP contribution in [-0.4, -0.2) is 24.4 Å². The molecule has 1 aromatic rings. The third-order valence-electron chi connectivity index (χ3n) is 3.45. The van der Waals surface area contributed by atoms with Crippen LogP contribution < -0.4 is 16.4 Å². The van der Waals surface area contributed by atoms with Crippen molar-refractivity contribution >= 4 is 17.5 Å². The molecule has 1 atom stereocenters. The predicted octanol–water partition coefficient (Wildman–Crippen LogP) is 0.894. The second kappa shape index (κ2) is 5.30. The maximum atomic E-state index is 12.1. The maximum Gasteiger partial charge on any atom is 0.251 e. The number of amides is 2. The Kier molecular flexibility index (Phi) is 3.74. The topological polar surface area (TPSA) is 84.2 Å². The highest BCUT2D eigenvalue weighted by atomic mass is 16.2. The molecule has 1 aliphatic heterocycles. The van der Waals surface area contributed by atoms with Gasteiger partial charge in [0.2, 0.25) is 5.91 Å². The fourth-order valence-electron chi connectivity index (χ4n) is 2.26. The number of hydrogen-bond acceptors (Lipinski definition) is 3. The first-order valence-electron chi connectivity index (χ1n) is 6.41. The van der Waals surface area contributed by atoms with Crippen molar-refractivity contribution in [2.24, 2.45) is 0 Å². The van der Waals surface area contributed by atoms with Gasteiger partial charge in [0.15, 0.2) is 0 Å². The molecule has 102 valence electrons. The van der Waals surface area contributed by atoms with Crippen LogP contribution in [0.25, 0.3) is 0 Å². The van der Waals surface area contributed by atoms with Crippen LogP contribution >= 0.6 is 0 Å². The van der Waals surface area contributed by atoms with Crippen molar-refractivity contribution in [1.29, 1.82) is 0 Å². The summed E-state index contributed by atoms with van der Waals surface area (Å²) in [5, 5.41) is 5.66. The lowest BCUT2D eigenvalue weighted by molar-refractivity contribution is -0.119. The number of hydrogen-bond donors (Lipinski definition) is 3. The van der Waals surface area contributed by atoms with Crippen LogP contribution in [0.2, 0.25) is 0 Å². The van der Waals surface area contributed by atoms with E-state index in [1.807, 2.05) is 19.9 Å². The molecule has 1 unspecified atom stereocenters. The van der Waals surface area contributed by atoms with Gasteiger partial charge in [-0.15, -0.1) is 0 Å². The molecular weight excluding hydrogens is 242 g/mol. The van der Waals surface area contributed by atoms with E-state index in [1.54, 1.807) is 6.07 Å². The number of nitrogens with one attached hydrogen (secondary N) is 2. The average molecular weight is 261 g/mol. The van der Waals surface area contributed by atoms with Gasteiger partial charge in [-0.25, -0.2) is 0 Å². The molecular formula is C14H19N3O2. The minimum Gasteiger partial charge on any atom is -0.398 e.